The molecular formula is C20H15NO5. The van der Waals surface area contributed by atoms with Crippen molar-refractivity contribution in [3.63, 3.8) is 0 Å². The van der Waals surface area contributed by atoms with Crippen molar-refractivity contribution in [1.29, 1.82) is 5.26 Å². The van der Waals surface area contributed by atoms with Crippen LogP contribution in [0, 0.1) is 11.3 Å². The summed E-state index contributed by atoms with van der Waals surface area (Å²) in [5, 5.41) is 41.2. The molecule has 3 N–H and O–H groups in total. The lowest BCUT2D eigenvalue weighted by Gasteiger charge is -2.16. The largest absolute Gasteiger partial charge is 0.507 e. The van der Waals surface area contributed by atoms with E-state index in [1.807, 2.05) is 6.07 Å². The van der Waals surface area contributed by atoms with E-state index in [0.29, 0.717) is 16.3 Å². The first kappa shape index (κ1) is 17.1. The molecule has 0 bridgehead atoms. The van der Waals surface area contributed by atoms with Gasteiger partial charge in [0.05, 0.1) is 18.2 Å². The number of nitriles is 1. The molecule has 0 saturated heterocycles. The Bertz CT molecular complexity index is 1070. The van der Waals surface area contributed by atoms with Crippen molar-refractivity contribution in [2.75, 3.05) is 6.61 Å². The van der Waals surface area contributed by atoms with Gasteiger partial charge >= 0.3 is 5.97 Å². The minimum atomic E-state index is -0.819. The van der Waals surface area contributed by atoms with Crippen LogP contribution >= 0.6 is 0 Å². The summed E-state index contributed by atoms with van der Waals surface area (Å²) in [5.41, 5.74) is 0.332. The molecule has 0 heterocycles. The summed E-state index contributed by atoms with van der Waals surface area (Å²) < 4.78 is 4.98. The average Bonchev–Trinajstić information content (AvgIpc) is 2.63. The normalized spacial score (nSPS) is 10.5. The van der Waals surface area contributed by atoms with Crippen molar-refractivity contribution in [3.8, 4) is 34.4 Å². The monoisotopic (exact) mass is 349 g/mol. The van der Waals surface area contributed by atoms with Gasteiger partial charge in [0.25, 0.3) is 0 Å². The van der Waals surface area contributed by atoms with Gasteiger partial charge in [-0.25, -0.2) is 4.79 Å². The van der Waals surface area contributed by atoms with Gasteiger partial charge in [-0.2, -0.15) is 5.26 Å². The molecule has 0 saturated carbocycles. The smallest absolute Gasteiger partial charge is 0.342 e. The van der Waals surface area contributed by atoms with Crippen molar-refractivity contribution in [2.24, 2.45) is 0 Å². The van der Waals surface area contributed by atoms with Crippen LogP contribution in [0.4, 0.5) is 0 Å². The first-order valence-electron chi connectivity index (χ1n) is 7.86. The van der Waals surface area contributed by atoms with Crippen molar-refractivity contribution >= 4 is 16.7 Å². The van der Waals surface area contributed by atoms with Crippen LogP contribution in [-0.2, 0) is 4.74 Å². The van der Waals surface area contributed by atoms with Crippen LogP contribution < -0.4 is 0 Å². The highest BCUT2D eigenvalue weighted by Gasteiger charge is 2.25. The number of hydrogen-bond acceptors (Lipinski definition) is 6. The first-order valence-corrected chi connectivity index (χ1v) is 7.86. The number of carbonyl (C=O) groups excluding carboxylic acids is 1. The molecule has 6 heteroatoms. The fraction of sp³-hybridized carbons (Fsp3) is 0.100. The van der Waals surface area contributed by atoms with Crippen molar-refractivity contribution in [1.82, 2.24) is 0 Å². The van der Waals surface area contributed by atoms with Gasteiger partial charge in [0.1, 0.15) is 22.8 Å². The van der Waals surface area contributed by atoms with E-state index in [0.717, 1.165) is 0 Å². The van der Waals surface area contributed by atoms with E-state index >= 15 is 0 Å². The zero-order chi connectivity index (χ0) is 18.8. The van der Waals surface area contributed by atoms with Crippen LogP contribution in [0.25, 0.3) is 21.9 Å². The number of phenolic OH excluding ortho intramolecular Hbond substituents is 3. The Labute approximate surface area is 149 Å². The molecule has 0 amide bonds. The van der Waals surface area contributed by atoms with Gasteiger partial charge in [-0.3, -0.25) is 0 Å². The van der Waals surface area contributed by atoms with Crippen molar-refractivity contribution in [3.05, 3.63) is 53.6 Å². The Morgan fingerprint density at radius 3 is 2.35 bits per heavy atom. The SMILES string of the molecule is CCOC(=O)c1c(O)ccc(O)c1-c1c(O)ccc2cc(C#N)ccc12. The summed E-state index contributed by atoms with van der Waals surface area (Å²) in [4.78, 5) is 12.3. The quantitative estimate of drug-likeness (QED) is 0.491. The van der Waals surface area contributed by atoms with Gasteiger partial charge in [0.15, 0.2) is 0 Å². The number of fused-ring (bicyclic) bond motifs is 1. The van der Waals surface area contributed by atoms with Crippen LogP contribution in [0.5, 0.6) is 17.2 Å². The van der Waals surface area contributed by atoms with Gasteiger partial charge in [0.2, 0.25) is 0 Å². The van der Waals surface area contributed by atoms with Gasteiger partial charge < -0.3 is 20.1 Å². The topological polar surface area (TPSA) is 111 Å². The molecular weight excluding hydrogens is 334 g/mol. The maximum absolute atomic E-state index is 12.3. The Balaban J connectivity index is 2.41. The highest BCUT2D eigenvalue weighted by atomic mass is 16.5. The zero-order valence-corrected chi connectivity index (χ0v) is 13.9. The predicted molar refractivity (Wildman–Crippen MR) is 95.0 cm³/mol. The van der Waals surface area contributed by atoms with Crippen molar-refractivity contribution in [2.45, 2.75) is 6.92 Å². The molecule has 0 aliphatic heterocycles. The van der Waals surface area contributed by atoms with Crippen LogP contribution in [0.15, 0.2) is 42.5 Å². The van der Waals surface area contributed by atoms with E-state index in [1.54, 1.807) is 31.2 Å². The summed E-state index contributed by atoms with van der Waals surface area (Å²) in [6.07, 6.45) is 0. The standard InChI is InChI=1S/C20H15NO5/c1-2-26-20(25)19-16(24)8-7-15(23)18(19)17-13-5-3-11(10-21)9-12(13)4-6-14(17)22/h3-9,22-24H,2H2,1H3. The van der Waals surface area contributed by atoms with E-state index in [4.69, 9.17) is 10.00 Å². The van der Waals surface area contributed by atoms with E-state index < -0.39 is 5.97 Å². The number of rotatable bonds is 3. The van der Waals surface area contributed by atoms with E-state index in [9.17, 15) is 20.1 Å². The average molecular weight is 349 g/mol. The second-order valence-corrected chi connectivity index (χ2v) is 5.58. The second-order valence-electron chi connectivity index (χ2n) is 5.58. The van der Waals surface area contributed by atoms with Gasteiger partial charge in [-0.1, -0.05) is 12.1 Å². The highest BCUT2D eigenvalue weighted by molar-refractivity contribution is 6.09. The van der Waals surface area contributed by atoms with Gasteiger partial charge in [0, 0.05) is 11.1 Å². The molecule has 130 valence electrons. The molecule has 0 fully saturated rings. The van der Waals surface area contributed by atoms with E-state index in [-0.39, 0.29) is 40.5 Å². The molecule has 3 rings (SSSR count). The molecule has 0 aliphatic carbocycles. The minimum absolute atomic E-state index is 0.0312. The van der Waals surface area contributed by atoms with Gasteiger partial charge in [-0.05, 0) is 48.0 Å². The summed E-state index contributed by atoms with van der Waals surface area (Å²) in [6.45, 7) is 1.71. The minimum Gasteiger partial charge on any atom is -0.507 e. The molecule has 0 spiro atoms. The molecule has 0 atom stereocenters. The summed E-state index contributed by atoms with van der Waals surface area (Å²) in [5.74, 6) is -1.67. The molecule has 6 nitrogen and oxygen atoms in total. The van der Waals surface area contributed by atoms with Crippen molar-refractivity contribution < 1.29 is 24.9 Å². The third-order valence-electron chi connectivity index (χ3n) is 4.02. The fourth-order valence-corrected chi connectivity index (χ4v) is 2.89. The summed E-state index contributed by atoms with van der Waals surface area (Å²) >= 11 is 0. The number of ether oxygens (including phenoxy) is 1. The third kappa shape index (κ3) is 2.76. The summed E-state index contributed by atoms with van der Waals surface area (Å²) in [6, 6.07) is 12.3. The molecule has 3 aromatic rings. The van der Waals surface area contributed by atoms with E-state index in [2.05, 4.69) is 0 Å². The van der Waals surface area contributed by atoms with Crippen LogP contribution in [0.1, 0.15) is 22.8 Å². The number of phenols is 3. The summed E-state index contributed by atoms with van der Waals surface area (Å²) in [7, 11) is 0. The van der Waals surface area contributed by atoms with Crippen LogP contribution in [0.3, 0.4) is 0 Å². The maximum Gasteiger partial charge on any atom is 0.342 e. The second kappa shape index (κ2) is 6.65. The Morgan fingerprint density at radius 2 is 1.65 bits per heavy atom. The third-order valence-corrected chi connectivity index (χ3v) is 4.02. The number of aromatic hydroxyl groups is 3. The number of carbonyl (C=O) groups is 1. The van der Waals surface area contributed by atoms with Crippen LogP contribution in [0.2, 0.25) is 0 Å². The molecule has 3 aromatic carbocycles. The van der Waals surface area contributed by atoms with Gasteiger partial charge in [-0.15, -0.1) is 0 Å². The lowest BCUT2D eigenvalue weighted by molar-refractivity contribution is 0.0523. The molecule has 0 unspecified atom stereocenters. The predicted octanol–water partition coefficient (Wildman–Crippen LogP) is 3.67. The zero-order valence-electron chi connectivity index (χ0n) is 13.9. The maximum atomic E-state index is 12.3. The Kier molecular flexibility index (Phi) is 4.38. The highest BCUT2D eigenvalue weighted by Crippen LogP contribution is 2.45. The number of nitrogens with zero attached hydrogens (tertiary/aromatic N) is 1. The number of esters is 1. The lowest BCUT2D eigenvalue weighted by Crippen LogP contribution is -2.07. The lowest BCUT2D eigenvalue weighted by atomic mass is 9.91. The van der Waals surface area contributed by atoms with E-state index in [1.165, 1.54) is 18.2 Å². The Hall–Kier alpha value is -3.72. The molecule has 0 aromatic heterocycles. The first-order chi connectivity index (χ1) is 12.5. The number of hydrogen-bond donors (Lipinski definition) is 3. The number of benzene rings is 3. The molecule has 0 radical (unpaired) electrons. The fourth-order valence-electron chi connectivity index (χ4n) is 2.89. The molecule has 26 heavy (non-hydrogen) atoms. The Morgan fingerprint density at radius 1 is 1.00 bits per heavy atom. The van der Waals surface area contributed by atoms with Crippen LogP contribution in [-0.4, -0.2) is 27.9 Å². The molecule has 0 aliphatic rings.